The summed E-state index contributed by atoms with van der Waals surface area (Å²) < 4.78 is 30.9. The van der Waals surface area contributed by atoms with Gasteiger partial charge in [0.25, 0.3) is 10.0 Å². The monoisotopic (exact) mass is 352 g/mol. The third kappa shape index (κ3) is 4.32. The molecule has 0 aliphatic heterocycles. The first-order valence-electron chi connectivity index (χ1n) is 7.52. The van der Waals surface area contributed by atoms with E-state index in [1.807, 2.05) is 25.5 Å². The van der Waals surface area contributed by atoms with E-state index in [9.17, 15) is 8.42 Å². The van der Waals surface area contributed by atoms with E-state index in [0.29, 0.717) is 4.80 Å². The van der Waals surface area contributed by atoms with Crippen LogP contribution in [0.4, 0.5) is 0 Å². The van der Waals surface area contributed by atoms with Crippen molar-refractivity contribution in [2.75, 3.05) is 0 Å². The van der Waals surface area contributed by atoms with Crippen LogP contribution in [0.1, 0.15) is 36.9 Å². The lowest BCUT2D eigenvalue weighted by atomic mass is 9.91. The topological polar surface area (TPSA) is 51.4 Å². The van der Waals surface area contributed by atoms with Crippen molar-refractivity contribution < 1.29 is 8.42 Å². The molecule has 126 valence electrons. The van der Waals surface area contributed by atoms with E-state index in [1.54, 1.807) is 24.3 Å². The molecule has 0 saturated carbocycles. The van der Waals surface area contributed by atoms with Crippen LogP contribution in [0.3, 0.4) is 0 Å². The minimum absolute atomic E-state index is 0.149. The highest BCUT2D eigenvalue weighted by molar-refractivity contribution is 7.90. The van der Waals surface area contributed by atoms with Crippen molar-refractivity contribution >= 4 is 21.4 Å². The average molecular weight is 353 g/mol. The van der Waals surface area contributed by atoms with Gasteiger partial charge in [0.1, 0.15) is 0 Å². The van der Waals surface area contributed by atoms with Gasteiger partial charge in [0.2, 0.25) is 4.80 Å². The smallest absolute Gasteiger partial charge is 0.285 e. The summed E-state index contributed by atoms with van der Waals surface area (Å²) in [6.07, 6.45) is 0.900. The van der Waals surface area contributed by atoms with E-state index in [4.69, 9.17) is 0 Å². The summed E-state index contributed by atoms with van der Waals surface area (Å²) in [5, 5.41) is 0. The maximum absolute atomic E-state index is 12.5. The first-order chi connectivity index (χ1) is 10.5. The molecule has 1 heterocycles. The zero-order valence-electron chi connectivity index (χ0n) is 14.5. The summed E-state index contributed by atoms with van der Waals surface area (Å²) in [5.41, 5.74) is 2.24. The molecule has 0 amide bonds. The van der Waals surface area contributed by atoms with Crippen LogP contribution in [0.15, 0.2) is 33.6 Å². The molecule has 0 fully saturated rings. The fourth-order valence-corrected chi connectivity index (χ4v) is 4.82. The van der Waals surface area contributed by atoms with Crippen molar-refractivity contribution in [1.29, 1.82) is 0 Å². The fourth-order valence-electron chi connectivity index (χ4n) is 2.17. The number of sulfonamides is 1. The summed E-state index contributed by atoms with van der Waals surface area (Å²) in [4.78, 5) is 1.92. The van der Waals surface area contributed by atoms with Crippen molar-refractivity contribution in [2.45, 2.75) is 45.9 Å². The Labute approximate surface area is 142 Å². The molecule has 6 heteroatoms. The molecule has 0 radical (unpaired) electrons. The van der Waals surface area contributed by atoms with Crippen LogP contribution in [0, 0.1) is 19.3 Å². The molecule has 0 aliphatic carbocycles. The normalized spacial score (nSPS) is 13.6. The van der Waals surface area contributed by atoms with Gasteiger partial charge in [0, 0.05) is 17.6 Å². The van der Waals surface area contributed by atoms with Gasteiger partial charge >= 0.3 is 0 Å². The molecular weight excluding hydrogens is 328 g/mol. The maximum Gasteiger partial charge on any atom is 0.285 e. The second-order valence-electron chi connectivity index (χ2n) is 7.07. The van der Waals surface area contributed by atoms with Gasteiger partial charge in [-0.1, -0.05) is 38.5 Å². The minimum Gasteiger partial charge on any atom is -0.323 e. The summed E-state index contributed by atoms with van der Waals surface area (Å²) in [7, 11) is -1.82. The van der Waals surface area contributed by atoms with Gasteiger partial charge in [-0.2, -0.15) is 8.42 Å². The zero-order chi connectivity index (χ0) is 17.4. The Morgan fingerprint density at radius 1 is 1.13 bits per heavy atom. The lowest BCUT2D eigenvalue weighted by Gasteiger charge is -2.17. The molecule has 2 rings (SSSR count). The highest BCUT2D eigenvalue weighted by Gasteiger charge is 2.18. The van der Waals surface area contributed by atoms with Crippen LogP contribution in [0.25, 0.3) is 0 Å². The largest absolute Gasteiger partial charge is 0.323 e. The zero-order valence-corrected chi connectivity index (χ0v) is 16.2. The average Bonchev–Trinajstić information content (AvgIpc) is 2.65. The minimum atomic E-state index is -3.69. The molecule has 0 aliphatic rings. The molecule has 1 aromatic carbocycles. The Bertz CT molecular complexity index is 865. The van der Waals surface area contributed by atoms with E-state index in [2.05, 4.69) is 25.2 Å². The Balaban J connectivity index is 2.51. The van der Waals surface area contributed by atoms with Crippen LogP contribution in [-0.2, 0) is 23.5 Å². The van der Waals surface area contributed by atoms with Crippen molar-refractivity contribution in [3.63, 3.8) is 0 Å². The van der Waals surface area contributed by atoms with E-state index >= 15 is 0 Å². The van der Waals surface area contributed by atoms with Crippen molar-refractivity contribution in [3.05, 3.63) is 45.2 Å². The van der Waals surface area contributed by atoms with Gasteiger partial charge in [-0.05, 0) is 37.8 Å². The second-order valence-corrected chi connectivity index (χ2v) is 9.74. The van der Waals surface area contributed by atoms with E-state index in [-0.39, 0.29) is 10.3 Å². The van der Waals surface area contributed by atoms with Gasteiger partial charge in [-0.3, -0.25) is 0 Å². The number of aromatic nitrogens is 1. The second kappa shape index (κ2) is 6.24. The molecule has 0 spiro atoms. The standard InChI is InChI=1S/C17H24N2O2S2/c1-12-7-9-14(10-8-12)23(20,21)18-16-19(6)13(2)15(22-16)11-17(3,4)5/h7-10H,11H2,1-6H3/b18-16-. The molecule has 0 atom stereocenters. The number of nitrogens with zero attached hydrogens (tertiary/aromatic N) is 2. The van der Waals surface area contributed by atoms with Gasteiger partial charge in [-0.15, -0.1) is 15.7 Å². The predicted octanol–water partition coefficient (Wildman–Crippen LogP) is 3.58. The maximum atomic E-state index is 12.5. The Hall–Kier alpha value is -1.40. The molecule has 4 nitrogen and oxygen atoms in total. The van der Waals surface area contributed by atoms with Crippen LogP contribution in [-0.4, -0.2) is 13.0 Å². The lowest BCUT2D eigenvalue weighted by Crippen LogP contribution is -2.15. The summed E-state index contributed by atoms with van der Waals surface area (Å²) in [5.74, 6) is 0. The quantitative estimate of drug-likeness (QED) is 0.848. The summed E-state index contributed by atoms with van der Waals surface area (Å²) >= 11 is 1.45. The van der Waals surface area contributed by atoms with Crippen molar-refractivity contribution in [2.24, 2.45) is 16.9 Å². The van der Waals surface area contributed by atoms with E-state index < -0.39 is 10.0 Å². The number of thiazole rings is 1. The van der Waals surface area contributed by atoms with Crippen LogP contribution in [0.5, 0.6) is 0 Å². The fraction of sp³-hybridized carbons (Fsp3) is 0.471. The van der Waals surface area contributed by atoms with Gasteiger partial charge in [-0.25, -0.2) is 0 Å². The van der Waals surface area contributed by atoms with Crippen LogP contribution >= 0.6 is 11.3 Å². The molecular formula is C17H24N2O2S2. The number of hydrogen-bond acceptors (Lipinski definition) is 3. The van der Waals surface area contributed by atoms with Crippen LogP contribution < -0.4 is 4.80 Å². The highest BCUT2D eigenvalue weighted by atomic mass is 32.2. The SMILES string of the molecule is Cc1ccc(S(=O)(=O)/N=c2\sc(CC(C)(C)C)c(C)n2C)cc1. The molecule has 0 bridgehead atoms. The highest BCUT2D eigenvalue weighted by Crippen LogP contribution is 2.24. The molecule has 0 unspecified atom stereocenters. The molecule has 0 saturated heterocycles. The number of rotatable bonds is 3. The van der Waals surface area contributed by atoms with E-state index in [0.717, 1.165) is 17.7 Å². The Kier molecular flexibility index (Phi) is 4.87. The number of benzene rings is 1. The third-order valence-electron chi connectivity index (χ3n) is 3.62. The molecule has 23 heavy (non-hydrogen) atoms. The number of hydrogen-bond donors (Lipinski definition) is 0. The van der Waals surface area contributed by atoms with E-state index in [1.165, 1.54) is 16.2 Å². The Morgan fingerprint density at radius 3 is 2.22 bits per heavy atom. The summed E-state index contributed by atoms with van der Waals surface area (Å²) in [6.45, 7) is 10.5. The van der Waals surface area contributed by atoms with Gasteiger partial charge in [0.05, 0.1) is 4.90 Å². The summed E-state index contributed by atoms with van der Waals surface area (Å²) in [6, 6.07) is 6.77. The van der Waals surface area contributed by atoms with Crippen LogP contribution in [0.2, 0.25) is 0 Å². The predicted molar refractivity (Wildman–Crippen MR) is 95.1 cm³/mol. The third-order valence-corrected chi connectivity index (χ3v) is 6.25. The first kappa shape index (κ1) is 17.9. The first-order valence-corrected chi connectivity index (χ1v) is 9.78. The lowest BCUT2D eigenvalue weighted by molar-refractivity contribution is 0.413. The molecule has 1 aromatic heterocycles. The molecule has 2 aromatic rings. The van der Waals surface area contributed by atoms with Crippen molar-refractivity contribution in [1.82, 2.24) is 4.57 Å². The number of aryl methyl sites for hydroxylation is 1. The van der Waals surface area contributed by atoms with Crippen molar-refractivity contribution in [3.8, 4) is 0 Å². The van der Waals surface area contributed by atoms with Gasteiger partial charge in [0.15, 0.2) is 0 Å². The van der Waals surface area contributed by atoms with Gasteiger partial charge < -0.3 is 4.57 Å². The molecule has 0 N–H and O–H groups in total. The Morgan fingerprint density at radius 2 is 1.70 bits per heavy atom.